The average molecular weight is 321 g/mol. The highest BCUT2D eigenvalue weighted by Crippen LogP contribution is 2.23. The van der Waals surface area contributed by atoms with Crippen molar-refractivity contribution < 1.29 is 24.5 Å². The zero-order valence-corrected chi connectivity index (χ0v) is 13.0. The van der Waals surface area contributed by atoms with Gasteiger partial charge in [-0.2, -0.15) is 0 Å². The third kappa shape index (κ3) is 5.56. The molecule has 1 aromatic carbocycles. The minimum atomic E-state index is -1.01. The molecule has 1 fully saturated rings. The van der Waals surface area contributed by atoms with E-state index in [2.05, 4.69) is 5.32 Å². The van der Waals surface area contributed by atoms with Crippen LogP contribution in [0.1, 0.15) is 38.5 Å². The number of amides is 1. The minimum Gasteiger partial charge on any atom is -0.488 e. The van der Waals surface area contributed by atoms with Gasteiger partial charge in [-0.1, -0.05) is 24.6 Å². The molecule has 0 aliphatic heterocycles. The molecule has 0 heterocycles. The van der Waals surface area contributed by atoms with Crippen LogP contribution in [-0.2, 0) is 9.59 Å². The summed E-state index contributed by atoms with van der Waals surface area (Å²) in [6.07, 6.45) is 1.69. The van der Waals surface area contributed by atoms with E-state index in [0.29, 0.717) is 12.2 Å². The van der Waals surface area contributed by atoms with Crippen LogP contribution >= 0.6 is 0 Å². The molecule has 2 rings (SSSR count). The van der Waals surface area contributed by atoms with Crippen LogP contribution in [-0.4, -0.2) is 40.3 Å². The van der Waals surface area contributed by atoms with Gasteiger partial charge in [-0.3, -0.25) is 9.59 Å². The standard InChI is InChI=1S/C17H23NO5/c19-15(10-11-16(20)21)18-13-8-4-5-9-14(17(13)22)23-12-6-2-1-3-7-12/h1-3,6-7,13-14,17,22H,4-5,8-11H2,(H,18,19)(H,20,21)/t13-,14-,17-/m1/s1. The molecule has 1 aliphatic carbocycles. The summed E-state index contributed by atoms with van der Waals surface area (Å²) < 4.78 is 5.86. The normalized spacial score (nSPS) is 24.5. The first kappa shape index (κ1) is 17.3. The molecule has 3 N–H and O–H groups in total. The van der Waals surface area contributed by atoms with Crippen molar-refractivity contribution in [2.24, 2.45) is 0 Å². The first-order chi connectivity index (χ1) is 11.1. The van der Waals surface area contributed by atoms with Crippen molar-refractivity contribution in [3.05, 3.63) is 30.3 Å². The van der Waals surface area contributed by atoms with Crippen LogP contribution in [0.25, 0.3) is 0 Å². The second kappa shape index (κ2) is 8.53. The number of ether oxygens (including phenoxy) is 1. The van der Waals surface area contributed by atoms with E-state index < -0.39 is 18.1 Å². The predicted molar refractivity (Wildman–Crippen MR) is 84.1 cm³/mol. The van der Waals surface area contributed by atoms with Gasteiger partial charge in [0.25, 0.3) is 0 Å². The quantitative estimate of drug-likeness (QED) is 0.693. The molecule has 6 nitrogen and oxygen atoms in total. The summed E-state index contributed by atoms with van der Waals surface area (Å²) in [5, 5.41) is 21.9. The Hall–Kier alpha value is -2.08. The average Bonchev–Trinajstić information content (AvgIpc) is 2.70. The second-order valence-corrected chi connectivity index (χ2v) is 5.81. The molecule has 0 spiro atoms. The highest BCUT2D eigenvalue weighted by Gasteiger charge is 2.32. The second-order valence-electron chi connectivity index (χ2n) is 5.81. The number of carbonyl (C=O) groups excluding carboxylic acids is 1. The topological polar surface area (TPSA) is 95.9 Å². The van der Waals surface area contributed by atoms with Gasteiger partial charge in [-0.05, 0) is 31.4 Å². The van der Waals surface area contributed by atoms with Gasteiger partial charge in [-0.15, -0.1) is 0 Å². The van der Waals surface area contributed by atoms with E-state index in [1.165, 1.54) is 0 Å². The number of hydrogen-bond donors (Lipinski definition) is 3. The number of hydrogen-bond acceptors (Lipinski definition) is 4. The largest absolute Gasteiger partial charge is 0.488 e. The first-order valence-electron chi connectivity index (χ1n) is 7.97. The first-order valence-corrected chi connectivity index (χ1v) is 7.97. The van der Waals surface area contributed by atoms with Gasteiger partial charge in [0, 0.05) is 6.42 Å². The zero-order valence-electron chi connectivity index (χ0n) is 13.0. The van der Waals surface area contributed by atoms with Gasteiger partial charge in [0.1, 0.15) is 18.0 Å². The van der Waals surface area contributed by atoms with Crippen LogP contribution in [0, 0.1) is 0 Å². The smallest absolute Gasteiger partial charge is 0.303 e. The lowest BCUT2D eigenvalue weighted by Gasteiger charge is -2.28. The lowest BCUT2D eigenvalue weighted by Crippen LogP contribution is -2.49. The highest BCUT2D eigenvalue weighted by atomic mass is 16.5. The van der Waals surface area contributed by atoms with Gasteiger partial charge in [0.15, 0.2) is 0 Å². The monoisotopic (exact) mass is 321 g/mol. The molecule has 23 heavy (non-hydrogen) atoms. The van der Waals surface area contributed by atoms with Crippen LogP contribution < -0.4 is 10.1 Å². The van der Waals surface area contributed by atoms with E-state index in [1.54, 1.807) is 0 Å². The molecule has 3 atom stereocenters. The van der Waals surface area contributed by atoms with Crippen molar-refractivity contribution in [2.45, 2.75) is 56.8 Å². The van der Waals surface area contributed by atoms with Crippen molar-refractivity contribution in [1.82, 2.24) is 5.32 Å². The van der Waals surface area contributed by atoms with Gasteiger partial charge in [0.05, 0.1) is 12.5 Å². The highest BCUT2D eigenvalue weighted by molar-refractivity contribution is 5.80. The van der Waals surface area contributed by atoms with E-state index in [0.717, 1.165) is 19.3 Å². The van der Waals surface area contributed by atoms with Gasteiger partial charge in [-0.25, -0.2) is 0 Å². The number of nitrogens with one attached hydrogen (secondary N) is 1. The Labute approximate surface area is 135 Å². The molecule has 1 aromatic rings. The van der Waals surface area contributed by atoms with Crippen LogP contribution in [0.15, 0.2) is 30.3 Å². The Morgan fingerprint density at radius 1 is 1.13 bits per heavy atom. The number of benzene rings is 1. The number of carboxylic acid groups (broad SMARTS) is 1. The Kier molecular flexibility index (Phi) is 6.40. The lowest BCUT2D eigenvalue weighted by atomic mass is 10.0. The molecule has 1 amide bonds. The molecule has 0 bridgehead atoms. The molecule has 1 aliphatic rings. The maximum absolute atomic E-state index is 11.8. The van der Waals surface area contributed by atoms with Crippen molar-refractivity contribution in [2.75, 3.05) is 0 Å². The molecule has 126 valence electrons. The summed E-state index contributed by atoms with van der Waals surface area (Å²) in [5.74, 6) is -0.668. The molecule has 0 radical (unpaired) electrons. The van der Waals surface area contributed by atoms with E-state index in [4.69, 9.17) is 9.84 Å². The Bertz CT molecular complexity index is 519. The third-order valence-electron chi connectivity index (χ3n) is 3.99. The summed E-state index contributed by atoms with van der Waals surface area (Å²) in [4.78, 5) is 22.3. The van der Waals surface area contributed by atoms with Gasteiger partial charge >= 0.3 is 5.97 Å². The summed E-state index contributed by atoms with van der Waals surface area (Å²) in [5.41, 5.74) is 0. The van der Waals surface area contributed by atoms with Crippen molar-refractivity contribution in [1.29, 1.82) is 0 Å². The number of carbonyl (C=O) groups is 2. The van der Waals surface area contributed by atoms with Crippen molar-refractivity contribution >= 4 is 11.9 Å². The van der Waals surface area contributed by atoms with Crippen LogP contribution in [0.5, 0.6) is 5.75 Å². The summed E-state index contributed by atoms with van der Waals surface area (Å²) in [7, 11) is 0. The molecular weight excluding hydrogens is 298 g/mol. The van der Waals surface area contributed by atoms with E-state index in [1.807, 2.05) is 30.3 Å². The number of aliphatic hydroxyl groups is 1. The van der Waals surface area contributed by atoms with E-state index >= 15 is 0 Å². The molecule has 6 heteroatoms. The summed E-state index contributed by atoms with van der Waals surface area (Å²) in [6, 6.07) is 8.87. The molecular formula is C17H23NO5. The Morgan fingerprint density at radius 3 is 2.52 bits per heavy atom. The number of aliphatic carboxylic acids is 1. The SMILES string of the molecule is O=C(O)CCC(=O)N[C@@H]1CCCC[C@@H](Oc2ccccc2)[C@@H]1O. The molecule has 1 saturated carbocycles. The maximum atomic E-state index is 11.8. The Balaban J connectivity index is 1.94. The summed E-state index contributed by atoms with van der Waals surface area (Å²) >= 11 is 0. The summed E-state index contributed by atoms with van der Waals surface area (Å²) in [6.45, 7) is 0. The molecule has 0 aromatic heterocycles. The number of aliphatic hydroxyl groups excluding tert-OH is 1. The van der Waals surface area contributed by atoms with Gasteiger partial charge in [0.2, 0.25) is 5.91 Å². The molecule has 0 saturated heterocycles. The number of rotatable bonds is 6. The number of para-hydroxylation sites is 1. The molecule has 0 unspecified atom stereocenters. The predicted octanol–water partition coefficient (Wildman–Crippen LogP) is 1.72. The fourth-order valence-corrected chi connectivity index (χ4v) is 2.77. The minimum absolute atomic E-state index is 0.0806. The van der Waals surface area contributed by atoms with E-state index in [-0.39, 0.29) is 24.9 Å². The fraction of sp³-hybridized carbons (Fsp3) is 0.529. The lowest BCUT2D eigenvalue weighted by molar-refractivity contribution is -0.139. The maximum Gasteiger partial charge on any atom is 0.303 e. The van der Waals surface area contributed by atoms with Crippen LogP contribution in [0.4, 0.5) is 0 Å². The van der Waals surface area contributed by atoms with E-state index in [9.17, 15) is 14.7 Å². The third-order valence-corrected chi connectivity index (χ3v) is 3.99. The Morgan fingerprint density at radius 2 is 1.83 bits per heavy atom. The van der Waals surface area contributed by atoms with Gasteiger partial charge < -0.3 is 20.3 Å². The zero-order chi connectivity index (χ0) is 16.7. The van der Waals surface area contributed by atoms with Crippen molar-refractivity contribution in [3.8, 4) is 5.75 Å². The van der Waals surface area contributed by atoms with Crippen LogP contribution in [0.2, 0.25) is 0 Å². The number of carboxylic acids is 1. The fourth-order valence-electron chi connectivity index (χ4n) is 2.77. The van der Waals surface area contributed by atoms with Crippen molar-refractivity contribution in [3.63, 3.8) is 0 Å². The van der Waals surface area contributed by atoms with Crippen LogP contribution in [0.3, 0.4) is 0 Å².